The number of hydrogen-bond donors (Lipinski definition) is 0. The van der Waals surface area contributed by atoms with Crippen LogP contribution in [0.1, 0.15) is 19.7 Å². The second-order valence-electron chi connectivity index (χ2n) is 5.44. The second kappa shape index (κ2) is 8.66. The summed E-state index contributed by atoms with van der Waals surface area (Å²) in [6, 6.07) is 9.59. The molecule has 0 aliphatic rings. The van der Waals surface area contributed by atoms with Gasteiger partial charge in [0.25, 0.3) is 11.1 Å². The molecule has 3 rings (SSSR count). The van der Waals surface area contributed by atoms with Crippen LogP contribution in [-0.4, -0.2) is 44.8 Å². The third-order valence-electron chi connectivity index (χ3n) is 3.83. The van der Waals surface area contributed by atoms with Crippen LogP contribution < -0.4 is 4.74 Å². The van der Waals surface area contributed by atoms with Gasteiger partial charge in [-0.1, -0.05) is 30.0 Å². The first-order chi connectivity index (χ1) is 12.7. The van der Waals surface area contributed by atoms with Crippen LogP contribution in [0.15, 0.2) is 46.2 Å². The van der Waals surface area contributed by atoms with Crippen molar-refractivity contribution >= 4 is 28.6 Å². The van der Waals surface area contributed by atoms with E-state index >= 15 is 0 Å². The average Bonchev–Trinajstić information content (AvgIpc) is 3.13. The summed E-state index contributed by atoms with van der Waals surface area (Å²) in [5.41, 5.74) is 0.786. The van der Waals surface area contributed by atoms with Crippen molar-refractivity contribution in [2.45, 2.75) is 25.7 Å². The molecule has 7 nitrogen and oxygen atoms in total. The number of nitrogens with zero attached hydrogens (tertiary/aromatic N) is 4. The number of hydrogen-bond acceptors (Lipinski definition) is 7. The molecule has 0 unspecified atom stereocenters. The van der Waals surface area contributed by atoms with Crippen LogP contribution in [0.5, 0.6) is 5.75 Å². The zero-order chi connectivity index (χ0) is 18.4. The molecule has 0 radical (unpaired) electrons. The molecule has 2 aromatic heterocycles. The summed E-state index contributed by atoms with van der Waals surface area (Å²) in [5.74, 6) is 1.35. The van der Waals surface area contributed by atoms with E-state index in [0.717, 1.165) is 10.9 Å². The molecule has 0 aliphatic heterocycles. The van der Waals surface area contributed by atoms with Crippen LogP contribution in [-0.2, 0) is 11.4 Å². The van der Waals surface area contributed by atoms with E-state index in [2.05, 4.69) is 15.2 Å². The number of benzene rings is 1. The van der Waals surface area contributed by atoms with Gasteiger partial charge in [0.1, 0.15) is 11.3 Å². The van der Waals surface area contributed by atoms with Crippen molar-refractivity contribution < 1.29 is 13.9 Å². The Hall–Kier alpha value is -2.61. The number of thioether (sulfide) groups is 1. The van der Waals surface area contributed by atoms with Gasteiger partial charge in [-0.05, 0) is 26.0 Å². The van der Waals surface area contributed by atoms with Gasteiger partial charge in [0.15, 0.2) is 6.61 Å². The van der Waals surface area contributed by atoms with Gasteiger partial charge in [-0.15, -0.1) is 10.2 Å². The molecule has 136 valence electrons. The van der Waals surface area contributed by atoms with Crippen LogP contribution >= 0.6 is 11.8 Å². The SMILES string of the molecule is CCN(CC)C(=O)CSc1nnc(COc2cccc3cccnc23)o1. The first-order valence-corrected chi connectivity index (χ1v) is 9.39. The molecule has 0 spiro atoms. The van der Waals surface area contributed by atoms with Gasteiger partial charge >= 0.3 is 0 Å². The van der Waals surface area contributed by atoms with Gasteiger partial charge < -0.3 is 14.1 Å². The quantitative estimate of drug-likeness (QED) is 0.562. The minimum atomic E-state index is 0.0535. The number of fused-ring (bicyclic) bond motifs is 1. The summed E-state index contributed by atoms with van der Waals surface area (Å²) >= 11 is 1.23. The molecule has 3 aromatic rings. The van der Waals surface area contributed by atoms with Crippen LogP contribution in [0.3, 0.4) is 0 Å². The molecule has 26 heavy (non-hydrogen) atoms. The third kappa shape index (κ3) is 4.32. The molecule has 0 aliphatic carbocycles. The van der Waals surface area contributed by atoms with Crippen molar-refractivity contribution in [2.75, 3.05) is 18.8 Å². The first kappa shape index (κ1) is 18.2. The van der Waals surface area contributed by atoms with Gasteiger partial charge in [0, 0.05) is 24.7 Å². The highest BCUT2D eigenvalue weighted by Gasteiger charge is 2.14. The van der Waals surface area contributed by atoms with E-state index in [1.807, 2.05) is 44.2 Å². The largest absolute Gasteiger partial charge is 0.482 e. The summed E-state index contributed by atoms with van der Waals surface area (Å²) in [6.07, 6.45) is 1.73. The van der Waals surface area contributed by atoms with Crippen molar-refractivity contribution in [1.29, 1.82) is 0 Å². The highest BCUT2D eigenvalue weighted by atomic mass is 32.2. The van der Waals surface area contributed by atoms with E-state index in [1.54, 1.807) is 11.1 Å². The van der Waals surface area contributed by atoms with E-state index in [1.165, 1.54) is 11.8 Å². The summed E-state index contributed by atoms with van der Waals surface area (Å²) in [7, 11) is 0. The van der Waals surface area contributed by atoms with Crippen molar-refractivity contribution in [1.82, 2.24) is 20.1 Å². The van der Waals surface area contributed by atoms with Gasteiger partial charge in [-0.3, -0.25) is 9.78 Å². The number of ether oxygens (including phenoxy) is 1. The maximum Gasteiger partial charge on any atom is 0.277 e. The summed E-state index contributed by atoms with van der Waals surface area (Å²) in [6.45, 7) is 5.44. The van der Waals surface area contributed by atoms with Crippen LogP contribution in [0.2, 0.25) is 0 Å². The lowest BCUT2D eigenvalue weighted by atomic mass is 10.2. The topological polar surface area (TPSA) is 81.4 Å². The van der Waals surface area contributed by atoms with E-state index in [-0.39, 0.29) is 18.3 Å². The van der Waals surface area contributed by atoms with Crippen LogP contribution in [0.25, 0.3) is 10.9 Å². The Labute approximate surface area is 155 Å². The number of rotatable bonds is 8. The highest BCUT2D eigenvalue weighted by molar-refractivity contribution is 7.99. The minimum absolute atomic E-state index is 0.0535. The Morgan fingerprint density at radius 1 is 1.19 bits per heavy atom. The lowest BCUT2D eigenvalue weighted by molar-refractivity contribution is -0.127. The maximum atomic E-state index is 12.0. The predicted octanol–water partition coefficient (Wildman–Crippen LogP) is 3.16. The van der Waals surface area contributed by atoms with Gasteiger partial charge in [-0.2, -0.15) is 0 Å². The zero-order valence-corrected chi connectivity index (χ0v) is 15.5. The molecule has 0 saturated heterocycles. The van der Waals surface area contributed by atoms with E-state index < -0.39 is 0 Å². The minimum Gasteiger partial charge on any atom is -0.482 e. The Morgan fingerprint density at radius 2 is 2.00 bits per heavy atom. The molecule has 1 aromatic carbocycles. The fraction of sp³-hybridized carbons (Fsp3) is 0.333. The number of amides is 1. The summed E-state index contributed by atoms with van der Waals surface area (Å²) in [4.78, 5) is 18.1. The van der Waals surface area contributed by atoms with Gasteiger partial charge in [0.05, 0.1) is 5.75 Å². The molecule has 1 amide bonds. The second-order valence-corrected chi connectivity index (χ2v) is 6.36. The number of aromatic nitrogens is 3. The van der Waals surface area contributed by atoms with Crippen molar-refractivity contribution in [2.24, 2.45) is 0 Å². The van der Waals surface area contributed by atoms with Crippen molar-refractivity contribution in [3.8, 4) is 5.75 Å². The predicted molar refractivity (Wildman–Crippen MR) is 99.0 cm³/mol. The third-order valence-corrected chi connectivity index (χ3v) is 4.63. The normalized spacial score (nSPS) is 10.8. The van der Waals surface area contributed by atoms with Crippen LogP contribution in [0, 0.1) is 0 Å². The Balaban J connectivity index is 1.58. The lowest BCUT2D eigenvalue weighted by Gasteiger charge is -2.17. The van der Waals surface area contributed by atoms with Crippen molar-refractivity contribution in [3.63, 3.8) is 0 Å². The summed E-state index contributed by atoms with van der Waals surface area (Å²) < 4.78 is 11.3. The average molecular weight is 372 g/mol. The molecule has 0 saturated carbocycles. The Kier molecular flexibility index (Phi) is 6.06. The smallest absolute Gasteiger partial charge is 0.277 e. The van der Waals surface area contributed by atoms with E-state index in [4.69, 9.17) is 9.15 Å². The number of carbonyl (C=O) groups excluding carboxylic acids is 1. The number of para-hydroxylation sites is 1. The first-order valence-electron chi connectivity index (χ1n) is 8.40. The molecule has 0 bridgehead atoms. The number of carbonyl (C=O) groups is 1. The lowest BCUT2D eigenvalue weighted by Crippen LogP contribution is -2.31. The van der Waals surface area contributed by atoms with Gasteiger partial charge in [-0.25, -0.2) is 0 Å². The van der Waals surface area contributed by atoms with Crippen molar-refractivity contribution in [3.05, 3.63) is 42.4 Å². The molecule has 0 N–H and O–H groups in total. The maximum absolute atomic E-state index is 12.0. The Morgan fingerprint density at radius 3 is 2.81 bits per heavy atom. The standard InChI is InChI=1S/C18H20N4O3S/c1-3-22(4-2)16(23)12-26-18-21-20-15(25-18)11-24-14-9-5-7-13-8-6-10-19-17(13)14/h5-10H,3-4,11-12H2,1-2H3. The number of pyridine rings is 1. The summed E-state index contributed by atoms with van der Waals surface area (Å²) in [5, 5.41) is 9.28. The molecular weight excluding hydrogens is 352 g/mol. The molecule has 2 heterocycles. The van der Waals surface area contributed by atoms with E-state index in [0.29, 0.717) is 30.0 Å². The monoisotopic (exact) mass is 372 g/mol. The molecule has 0 atom stereocenters. The molecular formula is C18H20N4O3S. The molecule has 8 heteroatoms. The van der Waals surface area contributed by atoms with Gasteiger partial charge in [0.2, 0.25) is 5.91 Å². The zero-order valence-electron chi connectivity index (χ0n) is 14.7. The fourth-order valence-corrected chi connectivity index (χ4v) is 3.16. The highest BCUT2D eigenvalue weighted by Crippen LogP contribution is 2.24. The Bertz CT molecular complexity index is 874. The van der Waals surface area contributed by atoms with E-state index in [9.17, 15) is 4.79 Å². The van der Waals surface area contributed by atoms with Crippen LogP contribution in [0.4, 0.5) is 0 Å². The fourth-order valence-electron chi connectivity index (χ4n) is 2.48. The molecule has 0 fully saturated rings.